The molecule has 20 heavy (non-hydrogen) atoms. The third-order valence-corrected chi connectivity index (χ3v) is 3.21. The zero-order valence-electron chi connectivity index (χ0n) is 11.5. The van der Waals surface area contributed by atoms with Gasteiger partial charge in [-0.2, -0.15) is 0 Å². The summed E-state index contributed by atoms with van der Waals surface area (Å²) in [6.07, 6.45) is 0.818. The molecule has 0 aliphatic heterocycles. The molecule has 0 aromatic heterocycles. The molecule has 2 rings (SSSR count). The highest BCUT2D eigenvalue weighted by Gasteiger charge is 2.08. The third-order valence-electron chi connectivity index (χ3n) is 2.91. The second-order valence-electron chi connectivity index (χ2n) is 4.96. The van der Waals surface area contributed by atoms with Gasteiger partial charge in [0, 0.05) is 6.04 Å². The SMILES string of the molecule is Cc1cc(CC(C)N)ccc1Oc1ccc(F)cc1Cl. The van der Waals surface area contributed by atoms with E-state index in [-0.39, 0.29) is 16.9 Å². The van der Waals surface area contributed by atoms with Crippen molar-refractivity contribution in [2.45, 2.75) is 26.3 Å². The van der Waals surface area contributed by atoms with E-state index in [2.05, 4.69) is 0 Å². The van der Waals surface area contributed by atoms with Gasteiger partial charge in [-0.15, -0.1) is 0 Å². The fourth-order valence-electron chi connectivity index (χ4n) is 2.00. The number of aryl methyl sites for hydroxylation is 1. The van der Waals surface area contributed by atoms with E-state index < -0.39 is 0 Å². The molecule has 2 N–H and O–H groups in total. The van der Waals surface area contributed by atoms with E-state index >= 15 is 0 Å². The van der Waals surface area contributed by atoms with Crippen molar-refractivity contribution in [3.63, 3.8) is 0 Å². The van der Waals surface area contributed by atoms with Crippen LogP contribution < -0.4 is 10.5 Å². The monoisotopic (exact) mass is 293 g/mol. The number of halogens is 2. The van der Waals surface area contributed by atoms with Crippen LogP contribution in [-0.2, 0) is 6.42 Å². The molecule has 0 heterocycles. The maximum atomic E-state index is 13.0. The number of hydrogen-bond acceptors (Lipinski definition) is 2. The van der Waals surface area contributed by atoms with Gasteiger partial charge in [0.15, 0.2) is 0 Å². The fourth-order valence-corrected chi connectivity index (χ4v) is 2.21. The molecule has 106 valence electrons. The van der Waals surface area contributed by atoms with Gasteiger partial charge in [0.2, 0.25) is 0 Å². The van der Waals surface area contributed by atoms with Crippen molar-refractivity contribution < 1.29 is 9.13 Å². The highest BCUT2D eigenvalue weighted by molar-refractivity contribution is 6.32. The summed E-state index contributed by atoms with van der Waals surface area (Å²) in [7, 11) is 0. The molecular formula is C16H17ClFNO. The number of benzene rings is 2. The Balaban J connectivity index is 2.21. The number of nitrogens with two attached hydrogens (primary N) is 1. The van der Waals surface area contributed by atoms with E-state index in [1.165, 1.54) is 18.2 Å². The van der Waals surface area contributed by atoms with Crippen LogP contribution in [0.5, 0.6) is 11.5 Å². The highest BCUT2D eigenvalue weighted by Crippen LogP contribution is 2.31. The van der Waals surface area contributed by atoms with Crippen molar-refractivity contribution in [1.29, 1.82) is 0 Å². The quantitative estimate of drug-likeness (QED) is 0.902. The first kappa shape index (κ1) is 14.8. The predicted molar refractivity (Wildman–Crippen MR) is 80.0 cm³/mol. The average Bonchev–Trinajstić information content (AvgIpc) is 2.34. The van der Waals surface area contributed by atoms with Crippen LogP contribution in [0.15, 0.2) is 36.4 Å². The Morgan fingerprint density at radius 1 is 1.20 bits per heavy atom. The van der Waals surface area contributed by atoms with Crippen LogP contribution in [0.2, 0.25) is 5.02 Å². The third kappa shape index (κ3) is 3.71. The maximum absolute atomic E-state index is 13.0. The Morgan fingerprint density at radius 2 is 1.90 bits per heavy atom. The summed E-state index contributed by atoms with van der Waals surface area (Å²) in [5.41, 5.74) is 7.94. The Kier molecular flexibility index (Phi) is 4.63. The van der Waals surface area contributed by atoms with Gasteiger partial charge in [-0.1, -0.05) is 23.7 Å². The van der Waals surface area contributed by atoms with Crippen molar-refractivity contribution in [2.24, 2.45) is 5.73 Å². The highest BCUT2D eigenvalue weighted by atomic mass is 35.5. The van der Waals surface area contributed by atoms with Crippen molar-refractivity contribution >= 4 is 11.6 Å². The minimum absolute atomic E-state index is 0.118. The van der Waals surface area contributed by atoms with Crippen molar-refractivity contribution in [2.75, 3.05) is 0 Å². The van der Waals surface area contributed by atoms with Crippen LogP contribution >= 0.6 is 11.6 Å². The maximum Gasteiger partial charge on any atom is 0.146 e. The lowest BCUT2D eigenvalue weighted by Gasteiger charge is -2.12. The summed E-state index contributed by atoms with van der Waals surface area (Å²) >= 11 is 5.95. The van der Waals surface area contributed by atoms with Gasteiger partial charge in [0.05, 0.1) is 5.02 Å². The lowest BCUT2D eigenvalue weighted by atomic mass is 10.0. The zero-order valence-corrected chi connectivity index (χ0v) is 12.2. The molecule has 0 aliphatic rings. The largest absolute Gasteiger partial charge is 0.456 e. The van der Waals surface area contributed by atoms with Crippen LogP contribution in [0.4, 0.5) is 4.39 Å². The summed E-state index contributed by atoms with van der Waals surface area (Å²) in [6.45, 7) is 3.93. The van der Waals surface area contributed by atoms with Gasteiger partial charge in [-0.05, 0) is 55.7 Å². The molecule has 2 aromatic rings. The van der Waals surface area contributed by atoms with Crippen LogP contribution in [-0.4, -0.2) is 6.04 Å². The summed E-state index contributed by atoms with van der Waals surface area (Å²) in [4.78, 5) is 0. The molecule has 0 amide bonds. The minimum Gasteiger partial charge on any atom is -0.456 e. The summed E-state index contributed by atoms with van der Waals surface area (Å²) in [5, 5.41) is 0.254. The van der Waals surface area contributed by atoms with Crippen LogP contribution in [0, 0.1) is 12.7 Å². The minimum atomic E-state index is -0.383. The van der Waals surface area contributed by atoms with Gasteiger partial charge in [-0.3, -0.25) is 0 Å². The Hall–Kier alpha value is -1.58. The molecule has 1 atom stereocenters. The van der Waals surface area contributed by atoms with E-state index in [1.807, 2.05) is 32.0 Å². The molecule has 0 spiro atoms. The Labute approximate surface area is 123 Å². The first-order valence-corrected chi connectivity index (χ1v) is 6.81. The van der Waals surface area contributed by atoms with E-state index in [1.54, 1.807) is 0 Å². The lowest BCUT2D eigenvalue weighted by Crippen LogP contribution is -2.17. The molecule has 4 heteroatoms. The lowest BCUT2D eigenvalue weighted by molar-refractivity contribution is 0.477. The molecule has 0 bridgehead atoms. The predicted octanol–water partition coefficient (Wildman–Crippen LogP) is 4.47. The second kappa shape index (κ2) is 6.25. The molecule has 0 aliphatic carbocycles. The summed E-state index contributed by atoms with van der Waals surface area (Å²) < 4.78 is 18.7. The van der Waals surface area contributed by atoms with Crippen LogP contribution in [0.1, 0.15) is 18.1 Å². The molecule has 2 nitrogen and oxygen atoms in total. The smallest absolute Gasteiger partial charge is 0.146 e. The van der Waals surface area contributed by atoms with Gasteiger partial charge >= 0.3 is 0 Å². The fraction of sp³-hybridized carbons (Fsp3) is 0.250. The molecule has 2 aromatic carbocycles. The van der Waals surface area contributed by atoms with Gasteiger partial charge in [0.25, 0.3) is 0 Å². The van der Waals surface area contributed by atoms with Crippen LogP contribution in [0.25, 0.3) is 0 Å². The molecule has 0 saturated heterocycles. The molecule has 1 unspecified atom stereocenters. The van der Waals surface area contributed by atoms with Crippen molar-refractivity contribution in [3.8, 4) is 11.5 Å². The molecular weight excluding hydrogens is 277 g/mol. The Morgan fingerprint density at radius 3 is 2.50 bits per heavy atom. The standard InChI is InChI=1S/C16H17ClFNO/c1-10-7-12(8-11(2)19)3-5-15(10)20-16-6-4-13(18)9-14(16)17/h3-7,9,11H,8,19H2,1-2H3. The number of ether oxygens (including phenoxy) is 1. The normalized spacial score (nSPS) is 12.2. The molecule has 0 saturated carbocycles. The van der Waals surface area contributed by atoms with E-state index in [9.17, 15) is 4.39 Å². The van der Waals surface area contributed by atoms with Gasteiger partial charge < -0.3 is 10.5 Å². The Bertz CT molecular complexity index is 613. The van der Waals surface area contributed by atoms with Crippen LogP contribution in [0.3, 0.4) is 0 Å². The van der Waals surface area contributed by atoms with E-state index in [0.717, 1.165) is 17.5 Å². The van der Waals surface area contributed by atoms with Gasteiger partial charge in [-0.25, -0.2) is 4.39 Å². The van der Waals surface area contributed by atoms with Crippen molar-refractivity contribution in [3.05, 3.63) is 58.4 Å². The topological polar surface area (TPSA) is 35.2 Å². The molecule has 0 radical (unpaired) electrons. The zero-order chi connectivity index (χ0) is 14.7. The van der Waals surface area contributed by atoms with Gasteiger partial charge in [0.1, 0.15) is 17.3 Å². The first-order valence-electron chi connectivity index (χ1n) is 6.43. The van der Waals surface area contributed by atoms with Crippen molar-refractivity contribution in [1.82, 2.24) is 0 Å². The number of hydrogen-bond donors (Lipinski definition) is 1. The molecule has 0 fully saturated rings. The average molecular weight is 294 g/mol. The summed E-state index contributed by atoms with van der Waals surface area (Å²) in [5.74, 6) is 0.759. The second-order valence-corrected chi connectivity index (χ2v) is 5.37. The first-order chi connectivity index (χ1) is 9.45. The number of rotatable bonds is 4. The summed E-state index contributed by atoms with van der Waals surface area (Å²) in [6, 6.07) is 10.1. The van der Waals surface area contributed by atoms with E-state index in [4.69, 9.17) is 22.1 Å². The van der Waals surface area contributed by atoms with E-state index in [0.29, 0.717) is 11.5 Å².